The van der Waals surface area contributed by atoms with E-state index in [0.717, 1.165) is 26.2 Å². The van der Waals surface area contributed by atoms with Gasteiger partial charge in [0, 0.05) is 62.1 Å². The molecule has 1 aromatic carbocycles. The van der Waals surface area contributed by atoms with E-state index in [4.69, 9.17) is 21.1 Å². The molecule has 3 rings (SSSR count). The third-order valence-corrected chi connectivity index (χ3v) is 4.90. The van der Waals surface area contributed by atoms with Gasteiger partial charge in [-0.1, -0.05) is 11.6 Å². The minimum atomic E-state index is -0.169. The standard InChI is InChI=1S/C20H22ClN3O3/c1-26-18-4-3-16(19(21)20(18)27-2)17(25)7-10-23-11-13-24(14-12-23)15-5-8-22-9-6-15/h3-10H,11-14H2,1-2H3. The van der Waals surface area contributed by atoms with Crippen molar-refractivity contribution in [3.8, 4) is 11.5 Å². The van der Waals surface area contributed by atoms with Gasteiger partial charge in [0.1, 0.15) is 0 Å². The van der Waals surface area contributed by atoms with Crippen LogP contribution in [0.4, 0.5) is 5.69 Å². The van der Waals surface area contributed by atoms with Crippen LogP contribution in [0.5, 0.6) is 11.5 Å². The van der Waals surface area contributed by atoms with E-state index < -0.39 is 0 Å². The maximum Gasteiger partial charge on any atom is 0.188 e. The molecule has 0 aliphatic carbocycles. The fourth-order valence-corrected chi connectivity index (χ4v) is 3.35. The zero-order chi connectivity index (χ0) is 19.2. The van der Waals surface area contributed by atoms with Gasteiger partial charge in [-0.25, -0.2) is 0 Å². The van der Waals surface area contributed by atoms with Gasteiger partial charge in [0.2, 0.25) is 0 Å². The summed E-state index contributed by atoms with van der Waals surface area (Å²) in [5.41, 5.74) is 1.56. The number of pyridine rings is 1. The highest BCUT2D eigenvalue weighted by Crippen LogP contribution is 2.37. The molecule has 0 radical (unpaired) electrons. The molecule has 6 nitrogen and oxygen atoms in total. The summed E-state index contributed by atoms with van der Waals surface area (Å²) in [5, 5.41) is 0.258. The molecule has 1 saturated heterocycles. The topological polar surface area (TPSA) is 54.9 Å². The predicted molar refractivity (Wildman–Crippen MR) is 106 cm³/mol. The summed E-state index contributed by atoms with van der Waals surface area (Å²) in [5.74, 6) is 0.692. The number of ketones is 1. The van der Waals surface area contributed by atoms with Crippen LogP contribution in [0.3, 0.4) is 0 Å². The minimum absolute atomic E-state index is 0.169. The van der Waals surface area contributed by atoms with Crippen LogP contribution in [0, 0.1) is 0 Å². The zero-order valence-electron chi connectivity index (χ0n) is 15.4. The van der Waals surface area contributed by atoms with E-state index in [9.17, 15) is 4.79 Å². The Kier molecular flexibility index (Phi) is 6.19. The van der Waals surface area contributed by atoms with E-state index in [2.05, 4.69) is 14.8 Å². The first-order valence-corrected chi connectivity index (χ1v) is 9.04. The number of methoxy groups -OCH3 is 2. The number of carbonyl (C=O) groups is 1. The molecule has 0 N–H and O–H groups in total. The number of carbonyl (C=O) groups excluding carboxylic acids is 1. The molecule has 0 spiro atoms. The number of nitrogens with zero attached hydrogens (tertiary/aromatic N) is 3. The van der Waals surface area contributed by atoms with E-state index in [1.807, 2.05) is 18.3 Å². The summed E-state index contributed by atoms with van der Waals surface area (Å²) < 4.78 is 10.5. The van der Waals surface area contributed by atoms with Gasteiger partial charge in [-0.15, -0.1) is 0 Å². The third-order valence-electron chi connectivity index (χ3n) is 4.53. The lowest BCUT2D eigenvalue weighted by atomic mass is 10.1. The molecule has 1 aromatic heterocycles. The first kappa shape index (κ1) is 19.0. The second-order valence-electron chi connectivity index (χ2n) is 6.07. The van der Waals surface area contributed by atoms with Crippen molar-refractivity contribution in [3.05, 3.63) is 59.5 Å². The molecule has 1 aliphatic heterocycles. The number of hydrogen-bond acceptors (Lipinski definition) is 6. The molecule has 7 heteroatoms. The number of anilines is 1. The number of halogens is 1. The Labute approximate surface area is 164 Å². The number of ether oxygens (including phenoxy) is 2. The van der Waals surface area contributed by atoms with Crippen molar-refractivity contribution in [2.75, 3.05) is 45.3 Å². The number of allylic oxidation sites excluding steroid dienone is 1. The molecular weight excluding hydrogens is 366 g/mol. The highest BCUT2D eigenvalue weighted by molar-refractivity contribution is 6.36. The van der Waals surface area contributed by atoms with E-state index in [0.29, 0.717) is 17.1 Å². The molecule has 1 fully saturated rings. The molecule has 0 atom stereocenters. The van der Waals surface area contributed by atoms with Crippen LogP contribution in [0.25, 0.3) is 0 Å². The summed E-state index contributed by atoms with van der Waals surface area (Å²) in [6.07, 6.45) is 6.98. The number of hydrogen-bond donors (Lipinski definition) is 0. The quantitative estimate of drug-likeness (QED) is 0.560. The Morgan fingerprint density at radius 1 is 1.07 bits per heavy atom. The van der Waals surface area contributed by atoms with Crippen molar-refractivity contribution in [2.45, 2.75) is 0 Å². The van der Waals surface area contributed by atoms with Gasteiger partial charge in [0.05, 0.1) is 19.2 Å². The number of benzene rings is 1. The summed E-state index contributed by atoms with van der Waals surface area (Å²) in [4.78, 5) is 21.0. The van der Waals surface area contributed by atoms with Crippen molar-refractivity contribution >= 4 is 23.1 Å². The molecule has 0 unspecified atom stereocenters. The van der Waals surface area contributed by atoms with Crippen LogP contribution in [0.1, 0.15) is 10.4 Å². The Bertz CT molecular complexity index is 819. The van der Waals surface area contributed by atoms with Crippen LogP contribution >= 0.6 is 11.6 Å². The third kappa shape index (κ3) is 4.34. The van der Waals surface area contributed by atoms with Crippen LogP contribution in [-0.4, -0.2) is 56.1 Å². The Morgan fingerprint density at radius 2 is 1.78 bits per heavy atom. The van der Waals surface area contributed by atoms with E-state index in [-0.39, 0.29) is 10.8 Å². The second kappa shape index (κ2) is 8.77. The second-order valence-corrected chi connectivity index (χ2v) is 6.45. The van der Waals surface area contributed by atoms with E-state index in [1.165, 1.54) is 19.9 Å². The highest BCUT2D eigenvalue weighted by Gasteiger charge is 2.18. The maximum absolute atomic E-state index is 12.6. The molecule has 27 heavy (non-hydrogen) atoms. The lowest BCUT2D eigenvalue weighted by Gasteiger charge is -2.35. The molecule has 2 aromatic rings. The van der Waals surface area contributed by atoms with E-state index >= 15 is 0 Å². The SMILES string of the molecule is COc1ccc(C(=O)C=CN2CCN(c3ccncc3)CC2)c(Cl)c1OC. The normalized spacial score (nSPS) is 14.5. The summed E-state index contributed by atoms with van der Waals surface area (Å²) in [6, 6.07) is 7.35. The summed E-state index contributed by atoms with van der Waals surface area (Å²) in [6.45, 7) is 3.46. The van der Waals surface area contributed by atoms with Gasteiger partial charge in [0.15, 0.2) is 17.3 Å². The first-order valence-electron chi connectivity index (χ1n) is 8.66. The molecule has 142 valence electrons. The molecule has 2 heterocycles. The van der Waals surface area contributed by atoms with Crippen molar-refractivity contribution in [1.82, 2.24) is 9.88 Å². The zero-order valence-corrected chi connectivity index (χ0v) is 16.1. The predicted octanol–water partition coefficient (Wildman–Crippen LogP) is 3.27. The average Bonchev–Trinajstić information content (AvgIpc) is 2.72. The van der Waals surface area contributed by atoms with Crippen molar-refractivity contribution < 1.29 is 14.3 Å². The van der Waals surface area contributed by atoms with Crippen LogP contribution < -0.4 is 14.4 Å². The monoisotopic (exact) mass is 387 g/mol. The van der Waals surface area contributed by atoms with E-state index in [1.54, 1.807) is 30.6 Å². The summed E-state index contributed by atoms with van der Waals surface area (Å²) in [7, 11) is 3.03. The average molecular weight is 388 g/mol. The van der Waals surface area contributed by atoms with Crippen molar-refractivity contribution in [2.24, 2.45) is 0 Å². The van der Waals surface area contributed by atoms with Crippen LogP contribution in [0.2, 0.25) is 5.02 Å². The highest BCUT2D eigenvalue weighted by atomic mass is 35.5. The minimum Gasteiger partial charge on any atom is -0.493 e. The smallest absolute Gasteiger partial charge is 0.188 e. The van der Waals surface area contributed by atoms with Gasteiger partial charge < -0.3 is 19.3 Å². The van der Waals surface area contributed by atoms with Gasteiger partial charge in [0.25, 0.3) is 0 Å². The lowest BCUT2D eigenvalue weighted by molar-refractivity contribution is 0.104. The Morgan fingerprint density at radius 3 is 2.41 bits per heavy atom. The fourth-order valence-electron chi connectivity index (χ4n) is 3.03. The van der Waals surface area contributed by atoms with Gasteiger partial charge in [-0.05, 0) is 24.3 Å². The number of rotatable bonds is 6. The van der Waals surface area contributed by atoms with Gasteiger partial charge >= 0.3 is 0 Å². The maximum atomic E-state index is 12.6. The largest absolute Gasteiger partial charge is 0.493 e. The van der Waals surface area contributed by atoms with Crippen LogP contribution in [-0.2, 0) is 0 Å². The van der Waals surface area contributed by atoms with Crippen molar-refractivity contribution in [3.63, 3.8) is 0 Å². The lowest BCUT2D eigenvalue weighted by Crippen LogP contribution is -2.44. The molecular formula is C20H22ClN3O3. The fraction of sp³-hybridized carbons (Fsp3) is 0.300. The Balaban J connectivity index is 1.63. The number of piperazine rings is 1. The molecule has 1 aliphatic rings. The summed E-state index contributed by atoms with van der Waals surface area (Å²) >= 11 is 6.31. The first-order chi connectivity index (χ1) is 13.1. The van der Waals surface area contributed by atoms with Crippen LogP contribution in [0.15, 0.2) is 48.9 Å². The Hall–Kier alpha value is -2.73. The van der Waals surface area contributed by atoms with Gasteiger partial charge in [-0.2, -0.15) is 0 Å². The molecule has 0 bridgehead atoms. The molecule has 0 amide bonds. The molecule has 0 saturated carbocycles. The number of aromatic nitrogens is 1. The van der Waals surface area contributed by atoms with Gasteiger partial charge in [-0.3, -0.25) is 9.78 Å². The van der Waals surface area contributed by atoms with Crippen molar-refractivity contribution in [1.29, 1.82) is 0 Å².